The van der Waals surface area contributed by atoms with Gasteiger partial charge in [0.25, 0.3) is 0 Å². The Kier molecular flexibility index (Phi) is 7.18. The molecular weight excluding hydrogens is 795 g/mol. The van der Waals surface area contributed by atoms with Crippen LogP contribution in [0.25, 0.3) is 132 Å². The number of nitrogens with zero attached hydrogens (tertiary/aromatic N) is 3. The van der Waals surface area contributed by atoms with E-state index in [2.05, 4.69) is 184 Å². The van der Waals surface area contributed by atoms with Gasteiger partial charge < -0.3 is 8.83 Å². The zero-order valence-corrected chi connectivity index (χ0v) is 35.4. The van der Waals surface area contributed by atoms with Crippen LogP contribution >= 0.6 is 0 Å². The number of nitriles is 1. The molecule has 65 heavy (non-hydrogen) atoms. The second-order valence-electron chi connectivity index (χ2n) is 17.9. The molecule has 13 aromatic rings. The van der Waals surface area contributed by atoms with E-state index in [9.17, 15) is 5.26 Å². The van der Waals surface area contributed by atoms with Crippen molar-refractivity contribution >= 4 is 87.0 Å². The summed E-state index contributed by atoms with van der Waals surface area (Å²) in [6.07, 6.45) is 0. The molecular formula is C60H35N3O2. The Bertz CT molecular complexity index is 4080. The quantitative estimate of drug-likeness (QED) is 0.177. The highest BCUT2D eigenvalue weighted by atomic mass is 16.3. The smallest absolute Gasteiger partial charge is 0.160 e. The van der Waals surface area contributed by atoms with E-state index in [1.54, 1.807) is 0 Å². The van der Waals surface area contributed by atoms with Gasteiger partial charge in [0.05, 0.1) is 23.0 Å². The SMILES string of the molecule is CC1(C)c2cc(C#N)ccc2-c2ccc(-c3nc(-c4cc5ccccc5c5c4oc4ccc6ccccc6c45)cc(-c4cc5ccccc5c5c4oc4ccc6ccccc6c45)n3)cc21. The van der Waals surface area contributed by atoms with Gasteiger partial charge in [0.15, 0.2) is 5.82 Å². The number of hydrogen-bond acceptors (Lipinski definition) is 5. The maximum atomic E-state index is 9.83. The van der Waals surface area contributed by atoms with E-state index in [0.717, 1.165) is 132 Å². The van der Waals surface area contributed by atoms with E-state index in [4.69, 9.17) is 18.8 Å². The van der Waals surface area contributed by atoms with Crippen molar-refractivity contribution in [2.45, 2.75) is 19.3 Å². The van der Waals surface area contributed by atoms with Crippen molar-refractivity contribution in [3.05, 3.63) is 193 Å². The molecule has 0 saturated carbocycles. The van der Waals surface area contributed by atoms with Gasteiger partial charge in [-0.3, -0.25) is 0 Å². The third-order valence-electron chi connectivity index (χ3n) is 14.1. The van der Waals surface area contributed by atoms with Gasteiger partial charge in [0, 0.05) is 43.7 Å². The Balaban J connectivity index is 1.09. The highest BCUT2D eigenvalue weighted by molar-refractivity contribution is 6.30. The molecule has 0 saturated heterocycles. The minimum atomic E-state index is -0.350. The van der Waals surface area contributed by atoms with E-state index < -0.39 is 0 Å². The summed E-state index contributed by atoms with van der Waals surface area (Å²) < 4.78 is 14.0. The fraction of sp³-hybridized carbons (Fsp3) is 0.0500. The minimum Gasteiger partial charge on any atom is -0.455 e. The second kappa shape index (κ2) is 13.0. The first-order valence-corrected chi connectivity index (χ1v) is 22.0. The van der Waals surface area contributed by atoms with Gasteiger partial charge >= 0.3 is 0 Å². The third-order valence-corrected chi connectivity index (χ3v) is 14.1. The molecule has 0 atom stereocenters. The van der Waals surface area contributed by atoms with E-state index in [0.29, 0.717) is 11.4 Å². The molecule has 302 valence electrons. The fourth-order valence-electron chi connectivity index (χ4n) is 11.0. The molecule has 5 heteroatoms. The van der Waals surface area contributed by atoms with Crippen molar-refractivity contribution in [2.75, 3.05) is 0 Å². The topological polar surface area (TPSA) is 75.8 Å². The Morgan fingerprint density at radius 1 is 0.431 bits per heavy atom. The van der Waals surface area contributed by atoms with E-state index in [1.165, 1.54) is 5.56 Å². The average Bonchev–Trinajstić information content (AvgIpc) is 4.02. The van der Waals surface area contributed by atoms with Crippen LogP contribution in [-0.4, -0.2) is 9.97 Å². The van der Waals surface area contributed by atoms with Crippen LogP contribution in [0.1, 0.15) is 30.5 Å². The second-order valence-corrected chi connectivity index (χ2v) is 17.9. The van der Waals surface area contributed by atoms with Gasteiger partial charge in [0.1, 0.15) is 22.3 Å². The molecule has 3 aromatic heterocycles. The van der Waals surface area contributed by atoms with E-state index in [1.807, 2.05) is 12.1 Å². The highest BCUT2D eigenvalue weighted by Crippen LogP contribution is 2.51. The van der Waals surface area contributed by atoms with Crippen molar-refractivity contribution in [1.29, 1.82) is 5.26 Å². The lowest BCUT2D eigenvalue weighted by atomic mass is 9.81. The summed E-state index contributed by atoms with van der Waals surface area (Å²) in [5, 5.41) is 23.2. The van der Waals surface area contributed by atoms with Crippen LogP contribution < -0.4 is 0 Å². The number of aromatic nitrogens is 2. The van der Waals surface area contributed by atoms with Crippen molar-refractivity contribution < 1.29 is 8.83 Å². The zero-order chi connectivity index (χ0) is 43.1. The number of benzene rings is 10. The number of furan rings is 2. The zero-order valence-electron chi connectivity index (χ0n) is 35.4. The molecule has 0 fully saturated rings. The van der Waals surface area contributed by atoms with Crippen molar-refractivity contribution in [2.24, 2.45) is 0 Å². The fourth-order valence-corrected chi connectivity index (χ4v) is 11.0. The van der Waals surface area contributed by atoms with Crippen LogP contribution in [0.2, 0.25) is 0 Å². The van der Waals surface area contributed by atoms with Crippen molar-refractivity contribution in [3.8, 4) is 51.1 Å². The Labute approximate surface area is 372 Å². The van der Waals surface area contributed by atoms with Gasteiger partial charge in [0.2, 0.25) is 0 Å². The first-order valence-electron chi connectivity index (χ1n) is 22.0. The Morgan fingerprint density at radius 3 is 1.42 bits per heavy atom. The standard InChI is InChI=1S/C60H35N3O2/c1-60(2)47-27-33(32-61)19-23-43(47)44-24-20-38(30-48(44)60)59-62-49(45-28-36-13-5-9-17-41(36)55-53-39-15-7-3-11-34(39)21-25-51(53)64-57(45)55)31-50(63-59)46-29-37-14-6-10-18-42(37)56-54-40-16-8-4-12-35(40)22-26-52(54)65-58(46)56/h3-31H,1-2H3. The summed E-state index contributed by atoms with van der Waals surface area (Å²) in [6.45, 7) is 4.47. The Morgan fingerprint density at radius 2 is 0.892 bits per heavy atom. The van der Waals surface area contributed by atoms with Gasteiger partial charge in [-0.2, -0.15) is 5.26 Å². The molecule has 0 bridgehead atoms. The molecule has 0 N–H and O–H groups in total. The van der Waals surface area contributed by atoms with E-state index >= 15 is 0 Å². The van der Waals surface area contributed by atoms with Crippen LogP contribution in [0, 0.1) is 11.3 Å². The highest BCUT2D eigenvalue weighted by Gasteiger charge is 2.36. The van der Waals surface area contributed by atoms with E-state index in [-0.39, 0.29) is 5.41 Å². The normalized spacial score (nSPS) is 13.2. The largest absolute Gasteiger partial charge is 0.455 e. The lowest BCUT2D eigenvalue weighted by Gasteiger charge is -2.22. The molecule has 5 nitrogen and oxygen atoms in total. The third kappa shape index (κ3) is 5.02. The number of rotatable bonds is 3. The first kappa shape index (κ1) is 35.9. The van der Waals surface area contributed by atoms with Gasteiger partial charge in [-0.1, -0.05) is 141 Å². The van der Waals surface area contributed by atoms with Crippen LogP contribution in [0.4, 0.5) is 0 Å². The lowest BCUT2D eigenvalue weighted by molar-refractivity contribution is 0.660. The number of hydrogen-bond donors (Lipinski definition) is 0. The summed E-state index contributed by atoms with van der Waals surface area (Å²) >= 11 is 0. The predicted molar refractivity (Wildman–Crippen MR) is 265 cm³/mol. The summed E-state index contributed by atoms with van der Waals surface area (Å²) in [4.78, 5) is 11.0. The molecule has 14 rings (SSSR count). The molecule has 10 aromatic carbocycles. The summed E-state index contributed by atoms with van der Waals surface area (Å²) in [7, 11) is 0. The molecule has 0 amide bonds. The molecule has 0 unspecified atom stereocenters. The van der Waals surface area contributed by atoms with Gasteiger partial charge in [-0.05, 0) is 114 Å². The molecule has 0 spiro atoms. The first-order chi connectivity index (χ1) is 31.9. The summed E-state index contributed by atoms with van der Waals surface area (Å²) in [6, 6.07) is 64.1. The van der Waals surface area contributed by atoms with Gasteiger partial charge in [-0.25, -0.2) is 9.97 Å². The molecule has 0 radical (unpaired) electrons. The molecule has 1 aliphatic rings. The van der Waals surface area contributed by atoms with Crippen LogP contribution in [0.15, 0.2) is 185 Å². The van der Waals surface area contributed by atoms with Gasteiger partial charge in [-0.15, -0.1) is 0 Å². The molecule has 1 aliphatic carbocycles. The number of fused-ring (bicyclic) bond motifs is 17. The van der Waals surface area contributed by atoms with Crippen molar-refractivity contribution in [1.82, 2.24) is 9.97 Å². The minimum absolute atomic E-state index is 0.350. The summed E-state index contributed by atoms with van der Waals surface area (Å²) in [5.74, 6) is 0.593. The maximum absolute atomic E-state index is 9.83. The van der Waals surface area contributed by atoms with Crippen molar-refractivity contribution in [3.63, 3.8) is 0 Å². The maximum Gasteiger partial charge on any atom is 0.160 e. The Hall–Kier alpha value is -8.59. The average molecular weight is 830 g/mol. The predicted octanol–water partition coefficient (Wildman–Crippen LogP) is 16.1. The van der Waals surface area contributed by atoms with Crippen LogP contribution in [0.3, 0.4) is 0 Å². The van der Waals surface area contributed by atoms with Crippen LogP contribution in [-0.2, 0) is 5.41 Å². The summed E-state index contributed by atoms with van der Waals surface area (Å²) in [5.41, 5.74) is 12.3. The lowest BCUT2D eigenvalue weighted by Crippen LogP contribution is -2.15. The molecule has 3 heterocycles. The van der Waals surface area contributed by atoms with Crippen LogP contribution in [0.5, 0.6) is 0 Å². The molecule has 0 aliphatic heterocycles. The monoisotopic (exact) mass is 829 g/mol.